The van der Waals surface area contributed by atoms with Crippen LogP contribution in [0.5, 0.6) is 5.75 Å². The van der Waals surface area contributed by atoms with Gasteiger partial charge in [0.05, 0.1) is 12.2 Å². The number of para-hydroxylation sites is 1. The lowest BCUT2D eigenvalue weighted by Gasteiger charge is -2.19. The predicted octanol–water partition coefficient (Wildman–Crippen LogP) is 2.62. The Morgan fingerprint density at radius 1 is 1.47 bits per heavy atom. The van der Waals surface area contributed by atoms with Crippen molar-refractivity contribution in [1.29, 1.82) is 0 Å². The first kappa shape index (κ1) is 12.1. The third kappa shape index (κ3) is 2.86. The Bertz CT molecular complexity index is 398. The number of benzene rings is 1. The van der Waals surface area contributed by atoms with Crippen LogP contribution in [-0.2, 0) is 11.2 Å². The number of carbonyl (C=O) groups excluding carboxylic acids is 1. The summed E-state index contributed by atoms with van der Waals surface area (Å²) in [7, 11) is 0. The number of rotatable bonds is 5. The molecule has 0 spiro atoms. The number of Topliss-reactive ketones (excluding diaryl/α,β-unsaturated/α-hetero) is 1. The van der Waals surface area contributed by atoms with E-state index in [1.54, 1.807) is 0 Å². The fourth-order valence-corrected chi connectivity index (χ4v) is 2.00. The van der Waals surface area contributed by atoms with E-state index in [2.05, 4.69) is 0 Å². The van der Waals surface area contributed by atoms with Crippen LogP contribution in [0, 0.1) is 0 Å². The van der Waals surface area contributed by atoms with Crippen molar-refractivity contribution in [2.75, 3.05) is 19.8 Å². The third-order valence-corrected chi connectivity index (χ3v) is 2.82. The molecule has 0 unspecified atom stereocenters. The molecule has 92 valence electrons. The number of hydrogen-bond acceptors (Lipinski definition) is 3. The zero-order chi connectivity index (χ0) is 12.1. The summed E-state index contributed by atoms with van der Waals surface area (Å²) < 4.78 is 10.9. The van der Waals surface area contributed by atoms with Gasteiger partial charge in [-0.1, -0.05) is 19.1 Å². The minimum absolute atomic E-state index is 0.0113. The van der Waals surface area contributed by atoms with Crippen molar-refractivity contribution < 1.29 is 14.3 Å². The van der Waals surface area contributed by atoms with Gasteiger partial charge >= 0.3 is 0 Å². The zero-order valence-electron chi connectivity index (χ0n) is 10.2. The minimum Gasteiger partial charge on any atom is -0.493 e. The summed E-state index contributed by atoms with van der Waals surface area (Å²) in [5.74, 6) is 0.779. The smallest absolute Gasteiger partial charge is 0.192 e. The van der Waals surface area contributed by atoms with Gasteiger partial charge in [0.1, 0.15) is 12.4 Å². The second-order valence-electron chi connectivity index (χ2n) is 4.22. The molecule has 17 heavy (non-hydrogen) atoms. The van der Waals surface area contributed by atoms with Crippen LogP contribution >= 0.6 is 0 Å². The van der Waals surface area contributed by atoms with Crippen molar-refractivity contribution in [3.05, 3.63) is 29.3 Å². The summed E-state index contributed by atoms with van der Waals surface area (Å²) in [4.78, 5) is 12.0. The molecule has 0 saturated carbocycles. The summed E-state index contributed by atoms with van der Waals surface area (Å²) in [5, 5.41) is 0. The van der Waals surface area contributed by atoms with E-state index in [4.69, 9.17) is 9.47 Å². The molecule has 2 rings (SSSR count). The average Bonchev–Trinajstić information content (AvgIpc) is 2.38. The highest BCUT2D eigenvalue weighted by atomic mass is 16.5. The molecule has 1 aliphatic heterocycles. The van der Waals surface area contributed by atoms with E-state index >= 15 is 0 Å². The van der Waals surface area contributed by atoms with E-state index in [9.17, 15) is 4.79 Å². The van der Waals surface area contributed by atoms with Gasteiger partial charge in [0.2, 0.25) is 0 Å². The molecule has 0 fully saturated rings. The molecule has 3 nitrogen and oxygen atoms in total. The first-order chi connectivity index (χ1) is 8.33. The minimum atomic E-state index is 0.0113. The summed E-state index contributed by atoms with van der Waals surface area (Å²) in [5.41, 5.74) is 1.80. The lowest BCUT2D eigenvalue weighted by Crippen LogP contribution is -2.16. The molecule has 0 saturated heterocycles. The molecular weight excluding hydrogens is 216 g/mol. The highest BCUT2D eigenvalue weighted by Crippen LogP contribution is 2.29. The Kier molecular flexibility index (Phi) is 4.15. The van der Waals surface area contributed by atoms with Gasteiger partial charge in [0.25, 0.3) is 0 Å². The second-order valence-corrected chi connectivity index (χ2v) is 4.22. The SMILES string of the molecule is CCCOCC(=O)c1cccc2c1OCCC2. The molecule has 0 aliphatic carbocycles. The lowest BCUT2D eigenvalue weighted by molar-refractivity contribution is 0.0756. The summed E-state index contributed by atoms with van der Waals surface area (Å²) >= 11 is 0. The molecule has 0 N–H and O–H groups in total. The molecule has 1 aromatic rings. The third-order valence-electron chi connectivity index (χ3n) is 2.82. The van der Waals surface area contributed by atoms with E-state index < -0.39 is 0 Å². The number of hydrogen-bond donors (Lipinski definition) is 0. The van der Waals surface area contributed by atoms with E-state index in [1.807, 2.05) is 25.1 Å². The number of carbonyl (C=O) groups is 1. The highest BCUT2D eigenvalue weighted by molar-refractivity contribution is 6.00. The number of ether oxygens (including phenoxy) is 2. The van der Waals surface area contributed by atoms with E-state index in [0.29, 0.717) is 18.8 Å². The van der Waals surface area contributed by atoms with E-state index in [1.165, 1.54) is 0 Å². The Morgan fingerprint density at radius 3 is 3.18 bits per heavy atom. The summed E-state index contributed by atoms with van der Waals surface area (Å²) in [6.07, 6.45) is 2.94. The number of aryl methyl sites for hydroxylation is 1. The van der Waals surface area contributed by atoms with Crippen molar-refractivity contribution in [2.24, 2.45) is 0 Å². The molecule has 0 aromatic heterocycles. The van der Waals surface area contributed by atoms with Crippen molar-refractivity contribution in [1.82, 2.24) is 0 Å². The average molecular weight is 234 g/mol. The number of ketones is 1. The summed E-state index contributed by atoms with van der Waals surface area (Å²) in [6.45, 7) is 3.50. The van der Waals surface area contributed by atoms with Gasteiger partial charge < -0.3 is 9.47 Å². The molecule has 0 bridgehead atoms. The first-order valence-electron chi connectivity index (χ1n) is 6.18. The normalized spacial score (nSPS) is 13.9. The second kappa shape index (κ2) is 5.82. The van der Waals surface area contributed by atoms with Gasteiger partial charge in [-0.25, -0.2) is 0 Å². The molecule has 1 aromatic carbocycles. The summed E-state index contributed by atoms with van der Waals surface area (Å²) in [6, 6.07) is 5.76. The number of fused-ring (bicyclic) bond motifs is 1. The van der Waals surface area contributed by atoms with Crippen LogP contribution in [0.4, 0.5) is 0 Å². The monoisotopic (exact) mass is 234 g/mol. The molecule has 3 heteroatoms. The fraction of sp³-hybridized carbons (Fsp3) is 0.500. The highest BCUT2D eigenvalue weighted by Gasteiger charge is 2.18. The van der Waals surface area contributed by atoms with Gasteiger partial charge in [-0.15, -0.1) is 0 Å². The van der Waals surface area contributed by atoms with Crippen LogP contribution in [0.2, 0.25) is 0 Å². The quantitative estimate of drug-likeness (QED) is 0.580. The Labute approximate surface area is 102 Å². The topological polar surface area (TPSA) is 35.5 Å². The Morgan fingerprint density at radius 2 is 2.35 bits per heavy atom. The molecule has 0 atom stereocenters. The van der Waals surface area contributed by atoms with Gasteiger partial charge in [-0.05, 0) is 30.9 Å². The van der Waals surface area contributed by atoms with E-state index in [0.717, 1.165) is 30.6 Å². The van der Waals surface area contributed by atoms with Crippen molar-refractivity contribution in [2.45, 2.75) is 26.2 Å². The van der Waals surface area contributed by atoms with Crippen LogP contribution in [0.1, 0.15) is 35.7 Å². The standard InChI is InChI=1S/C14H18O3/c1-2-8-16-10-13(15)12-7-3-5-11-6-4-9-17-14(11)12/h3,5,7H,2,4,6,8-10H2,1H3. The van der Waals surface area contributed by atoms with Crippen molar-refractivity contribution in [3.63, 3.8) is 0 Å². The van der Waals surface area contributed by atoms with Crippen LogP contribution in [0.3, 0.4) is 0 Å². The first-order valence-corrected chi connectivity index (χ1v) is 6.18. The molecule has 1 aliphatic rings. The largest absolute Gasteiger partial charge is 0.493 e. The van der Waals surface area contributed by atoms with Gasteiger partial charge in [0, 0.05) is 6.61 Å². The van der Waals surface area contributed by atoms with E-state index in [-0.39, 0.29) is 12.4 Å². The maximum Gasteiger partial charge on any atom is 0.192 e. The molecule has 0 radical (unpaired) electrons. The molecule has 1 heterocycles. The van der Waals surface area contributed by atoms with Crippen LogP contribution in [0.15, 0.2) is 18.2 Å². The van der Waals surface area contributed by atoms with Crippen molar-refractivity contribution in [3.8, 4) is 5.75 Å². The Balaban J connectivity index is 2.12. The maximum atomic E-state index is 12.0. The zero-order valence-corrected chi connectivity index (χ0v) is 10.2. The van der Waals surface area contributed by atoms with Crippen LogP contribution in [-0.4, -0.2) is 25.6 Å². The van der Waals surface area contributed by atoms with Gasteiger partial charge in [0.15, 0.2) is 5.78 Å². The van der Waals surface area contributed by atoms with Crippen LogP contribution in [0.25, 0.3) is 0 Å². The molecule has 0 amide bonds. The molecular formula is C14H18O3. The van der Waals surface area contributed by atoms with Gasteiger partial charge in [-0.2, -0.15) is 0 Å². The Hall–Kier alpha value is -1.35. The fourth-order valence-electron chi connectivity index (χ4n) is 2.00. The lowest BCUT2D eigenvalue weighted by atomic mass is 10.0. The predicted molar refractivity (Wildman–Crippen MR) is 65.7 cm³/mol. The maximum absolute atomic E-state index is 12.0. The van der Waals surface area contributed by atoms with Gasteiger partial charge in [-0.3, -0.25) is 4.79 Å². The van der Waals surface area contributed by atoms with Crippen molar-refractivity contribution >= 4 is 5.78 Å². The van der Waals surface area contributed by atoms with Crippen LogP contribution < -0.4 is 4.74 Å².